The van der Waals surface area contributed by atoms with Crippen LogP contribution in [-0.2, 0) is 14.2 Å². The van der Waals surface area contributed by atoms with Gasteiger partial charge in [-0.2, -0.15) is 0 Å². The molecule has 0 amide bonds. The van der Waals surface area contributed by atoms with Crippen molar-refractivity contribution in [3.8, 4) is 0 Å². The minimum Gasteiger partial charge on any atom is -0.379 e. The molecule has 1 N–H and O–H groups in total. The minimum absolute atomic E-state index is 0.632. The van der Waals surface area contributed by atoms with Crippen molar-refractivity contribution < 1.29 is 14.2 Å². The predicted molar refractivity (Wildman–Crippen MR) is 71.0 cm³/mol. The molecule has 0 rings (SSSR count). The third-order valence-corrected chi connectivity index (χ3v) is 2.27. The van der Waals surface area contributed by atoms with Gasteiger partial charge in [-0.15, -0.1) is 11.6 Å². The van der Waals surface area contributed by atoms with Gasteiger partial charge in [0.05, 0.1) is 33.0 Å². The quantitative estimate of drug-likeness (QED) is 0.384. The number of hydrogen-bond acceptors (Lipinski definition) is 4. The number of alkyl halides is 1. The van der Waals surface area contributed by atoms with Crippen LogP contribution in [0.25, 0.3) is 0 Å². The van der Waals surface area contributed by atoms with Crippen LogP contribution >= 0.6 is 11.6 Å². The number of halogens is 1. The number of hydrogen-bond donors (Lipinski definition) is 1. The summed E-state index contributed by atoms with van der Waals surface area (Å²) in [7, 11) is 0. The minimum atomic E-state index is 0.632. The fourth-order valence-electron chi connectivity index (χ4n) is 1.12. The van der Waals surface area contributed by atoms with Crippen LogP contribution in [0.4, 0.5) is 0 Å². The summed E-state index contributed by atoms with van der Waals surface area (Å²) in [5, 5.41) is 3.15. The van der Waals surface area contributed by atoms with Gasteiger partial charge in [-0.1, -0.05) is 13.3 Å². The highest BCUT2D eigenvalue weighted by atomic mass is 35.5. The molecule has 0 aromatic rings. The van der Waals surface area contributed by atoms with Crippen LogP contribution in [0.15, 0.2) is 0 Å². The Kier molecular flexibility index (Phi) is 16.3. The average Bonchev–Trinajstić information content (AvgIpc) is 2.35. The fourth-order valence-corrected chi connectivity index (χ4v) is 1.26. The van der Waals surface area contributed by atoms with Gasteiger partial charge in [0.15, 0.2) is 0 Å². The highest BCUT2D eigenvalue weighted by Gasteiger charge is 1.91. The molecule has 0 saturated heterocycles. The Hall–Kier alpha value is 0.130. The Bertz CT molecular complexity index is 125. The van der Waals surface area contributed by atoms with E-state index in [0.29, 0.717) is 38.9 Å². The summed E-state index contributed by atoms with van der Waals surface area (Å²) >= 11 is 5.51. The lowest BCUT2D eigenvalue weighted by atomic mass is 10.4. The van der Waals surface area contributed by atoms with Gasteiger partial charge in [0.25, 0.3) is 0 Å². The molecule has 0 fully saturated rings. The molecule has 0 atom stereocenters. The Morgan fingerprint density at radius 1 is 0.824 bits per heavy atom. The molecule has 0 saturated carbocycles. The molecule has 104 valence electrons. The Balaban J connectivity index is 2.85. The zero-order valence-electron chi connectivity index (χ0n) is 10.9. The zero-order valence-corrected chi connectivity index (χ0v) is 11.6. The van der Waals surface area contributed by atoms with E-state index >= 15 is 0 Å². The number of unbranched alkanes of at least 4 members (excludes halogenated alkanes) is 1. The lowest BCUT2D eigenvalue weighted by Crippen LogP contribution is -2.22. The van der Waals surface area contributed by atoms with Crippen molar-refractivity contribution in [1.82, 2.24) is 5.32 Å². The average molecular weight is 268 g/mol. The van der Waals surface area contributed by atoms with E-state index in [4.69, 9.17) is 25.8 Å². The van der Waals surface area contributed by atoms with Gasteiger partial charge < -0.3 is 19.5 Å². The Labute approximate surface area is 110 Å². The molecule has 17 heavy (non-hydrogen) atoms. The smallest absolute Gasteiger partial charge is 0.0701 e. The van der Waals surface area contributed by atoms with E-state index in [1.807, 2.05) is 0 Å². The molecule has 0 aromatic carbocycles. The van der Waals surface area contributed by atoms with Gasteiger partial charge in [-0.25, -0.2) is 0 Å². The Morgan fingerprint density at radius 2 is 1.41 bits per heavy atom. The Morgan fingerprint density at radius 3 is 2.00 bits per heavy atom. The highest BCUT2D eigenvalue weighted by Crippen LogP contribution is 1.87. The molecule has 0 aliphatic heterocycles. The first-order valence-electron chi connectivity index (χ1n) is 6.41. The number of rotatable bonds is 14. The van der Waals surface area contributed by atoms with Crippen molar-refractivity contribution in [2.45, 2.75) is 19.8 Å². The molecule has 0 heterocycles. The third kappa shape index (κ3) is 16.1. The molecule has 0 aliphatic carbocycles. The van der Waals surface area contributed by atoms with Crippen molar-refractivity contribution >= 4 is 11.6 Å². The molecule has 0 radical (unpaired) electrons. The second-order valence-electron chi connectivity index (χ2n) is 3.63. The summed E-state index contributed by atoms with van der Waals surface area (Å²) in [6.45, 7) is 7.96. The standard InChI is InChI=1S/C12H26ClNO3/c1-2-3-7-15-9-11-17-12-10-16-8-6-14-5-4-13/h14H,2-12H2,1H3. The molecule has 4 nitrogen and oxygen atoms in total. The SMILES string of the molecule is CCCCOCCOCCOCCNCCCl. The van der Waals surface area contributed by atoms with Crippen molar-refractivity contribution in [3.05, 3.63) is 0 Å². The van der Waals surface area contributed by atoms with E-state index in [9.17, 15) is 0 Å². The van der Waals surface area contributed by atoms with Crippen molar-refractivity contribution in [2.24, 2.45) is 0 Å². The highest BCUT2D eigenvalue weighted by molar-refractivity contribution is 6.18. The molecular formula is C12H26ClNO3. The van der Waals surface area contributed by atoms with E-state index in [1.165, 1.54) is 6.42 Å². The summed E-state index contributed by atoms with van der Waals surface area (Å²) in [6.07, 6.45) is 2.30. The van der Waals surface area contributed by atoms with E-state index < -0.39 is 0 Å². The van der Waals surface area contributed by atoms with Gasteiger partial charge in [-0.3, -0.25) is 0 Å². The topological polar surface area (TPSA) is 39.7 Å². The first-order chi connectivity index (χ1) is 8.41. The molecular weight excluding hydrogens is 242 g/mol. The monoisotopic (exact) mass is 267 g/mol. The molecule has 5 heteroatoms. The molecule has 0 aromatic heterocycles. The maximum absolute atomic E-state index is 5.51. The largest absolute Gasteiger partial charge is 0.379 e. The third-order valence-electron chi connectivity index (χ3n) is 2.08. The summed E-state index contributed by atoms with van der Waals surface area (Å²) in [5.74, 6) is 0.640. The number of ether oxygens (including phenoxy) is 3. The summed E-state index contributed by atoms with van der Waals surface area (Å²) in [6, 6.07) is 0. The van der Waals surface area contributed by atoms with Crippen LogP contribution in [0.1, 0.15) is 19.8 Å². The van der Waals surface area contributed by atoms with Gasteiger partial charge in [0.1, 0.15) is 0 Å². The van der Waals surface area contributed by atoms with E-state index in [0.717, 1.165) is 26.1 Å². The molecule has 0 bridgehead atoms. The first-order valence-corrected chi connectivity index (χ1v) is 6.95. The second kappa shape index (κ2) is 16.1. The van der Waals surface area contributed by atoms with Crippen LogP contribution in [0, 0.1) is 0 Å². The van der Waals surface area contributed by atoms with Gasteiger partial charge >= 0.3 is 0 Å². The maximum atomic E-state index is 5.51. The summed E-state index contributed by atoms with van der Waals surface area (Å²) in [4.78, 5) is 0. The molecule has 0 unspecified atom stereocenters. The van der Waals surface area contributed by atoms with Crippen molar-refractivity contribution in [2.75, 3.05) is 58.6 Å². The second-order valence-corrected chi connectivity index (χ2v) is 4.01. The zero-order chi connectivity index (χ0) is 12.6. The first kappa shape index (κ1) is 17.1. The number of nitrogens with one attached hydrogen (secondary N) is 1. The van der Waals surface area contributed by atoms with Crippen molar-refractivity contribution in [1.29, 1.82) is 0 Å². The lowest BCUT2D eigenvalue weighted by Gasteiger charge is -2.06. The van der Waals surface area contributed by atoms with Crippen LogP contribution < -0.4 is 5.32 Å². The normalized spacial score (nSPS) is 10.9. The lowest BCUT2D eigenvalue weighted by molar-refractivity contribution is 0.0147. The van der Waals surface area contributed by atoms with Crippen LogP contribution in [0.3, 0.4) is 0 Å². The van der Waals surface area contributed by atoms with E-state index in [1.54, 1.807) is 0 Å². The van der Waals surface area contributed by atoms with E-state index in [2.05, 4.69) is 12.2 Å². The fraction of sp³-hybridized carbons (Fsp3) is 1.00. The van der Waals surface area contributed by atoms with Crippen LogP contribution in [0.2, 0.25) is 0 Å². The maximum Gasteiger partial charge on any atom is 0.0701 e. The summed E-state index contributed by atoms with van der Waals surface area (Å²) in [5.41, 5.74) is 0. The van der Waals surface area contributed by atoms with Gasteiger partial charge in [0.2, 0.25) is 0 Å². The molecule has 0 aliphatic rings. The van der Waals surface area contributed by atoms with Gasteiger partial charge in [0, 0.05) is 25.6 Å². The molecule has 0 spiro atoms. The van der Waals surface area contributed by atoms with E-state index in [-0.39, 0.29) is 0 Å². The van der Waals surface area contributed by atoms with Crippen molar-refractivity contribution in [3.63, 3.8) is 0 Å². The summed E-state index contributed by atoms with van der Waals surface area (Å²) < 4.78 is 16.1. The van der Waals surface area contributed by atoms with Gasteiger partial charge in [-0.05, 0) is 6.42 Å². The van der Waals surface area contributed by atoms with Crippen LogP contribution in [-0.4, -0.2) is 58.6 Å². The predicted octanol–water partition coefficient (Wildman–Crippen LogP) is 1.66. The van der Waals surface area contributed by atoms with Crippen LogP contribution in [0.5, 0.6) is 0 Å².